The molecular formula is C18H18N6O2. The molecule has 0 aliphatic rings. The summed E-state index contributed by atoms with van der Waals surface area (Å²) in [5, 5.41) is 16.5. The molecule has 3 rings (SSSR count). The zero-order chi connectivity index (χ0) is 18.4. The fourth-order valence-electron chi connectivity index (χ4n) is 2.44. The van der Waals surface area contributed by atoms with Crippen LogP contribution in [0.5, 0.6) is 0 Å². The molecule has 0 aliphatic carbocycles. The number of hydrogen-bond acceptors (Lipinski definition) is 5. The van der Waals surface area contributed by atoms with Gasteiger partial charge in [0.05, 0.1) is 5.69 Å². The smallest absolute Gasteiger partial charge is 0.251 e. The van der Waals surface area contributed by atoms with Crippen LogP contribution in [0.2, 0.25) is 0 Å². The zero-order valence-corrected chi connectivity index (χ0v) is 14.2. The first-order valence-corrected chi connectivity index (χ1v) is 8.10. The van der Waals surface area contributed by atoms with Crippen molar-refractivity contribution in [2.45, 2.75) is 13.3 Å². The van der Waals surface area contributed by atoms with Crippen LogP contribution in [-0.4, -0.2) is 38.6 Å². The average Bonchev–Trinajstić information content (AvgIpc) is 3.17. The number of aryl methyl sites for hydroxylation is 1. The van der Waals surface area contributed by atoms with Crippen LogP contribution in [0.4, 0.5) is 5.69 Å². The molecular weight excluding hydrogens is 332 g/mol. The largest absolute Gasteiger partial charge is 0.352 e. The monoisotopic (exact) mass is 350 g/mol. The Bertz CT molecular complexity index is 908. The molecule has 0 unspecified atom stereocenters. The van der Waals surface area contributed by atoms with Crippen molar-refractivity contribution in [3.63, 3.8) is 0 Å². The van der Waals surface area contributed by atoms with E-state index >= 15 is 0 Å². The summed E-state index contributed by atoms with van der Waals surface area (Å²) in [5.41, 5.74) is 2.88. The topological polar surface area (TPSA) is 102 Å². The number of aromatic nitrogens is 4. The van der Waals surface area contributed by atoms with Gasteiger partial charge in [0.15, 0.2) is 0 Å². The van der Waals surface area contributed by atoms with E-state index in [9.17, 15) is 9.59 Å². The second-order valence-electron chi connectivity index (χ2n) is 5.67. The van der Waals surface area contributed by atoms with Crippen LogP contribution < -0.4 is 10.6 Å². The number of hydrogen-bond donors (Lipinski definition) is 2. The molecule has 2 N–H and O–H groups in total. The maximum atomic E-state index is 12.1. The van der Waals surface area contributed by atoms with Crippen molar-refractivity contribution in [2.24, 2.45) is 0 Å². The first-order chi connectivity index (χ1) is 12.6. The van der Waals surface area contributed by atoms with Gasteiger partial charge in [-0.1, -0.05) is 24.3 Å². The van der Waals surface area contributed by atoms with Crippen LogP contribution in [0, 0.1) is 6.92 Å². The lowest BCUT2D eigenvalue weighted by Crippen LogP contribution is -2.28. The first-order valence-electron chi connectivity index (χ1n) is 8.10. The Morgan fingerprint density at radius 3 is 2.73 bits per heavy atom. The quantitative estimate of drug-likeness (QED) is 0.705. The molecule has 0 spiro atoms. The lowest BCUT2D eigenvalue weighted by molar-refractivity contribution is -0.116. The summed E-state index contributed by atoms with van der Waals surface area (Å²) in [4.78, 5) is 24.2. The van der Waals surface area contributed by atoms with Crippen molar-refractivity contribution in [3.05, 3.63) is 66.0 Å². The summed E-state index contributed by atoms with van der Waals surface area (Å²) in [7, 11) is 0. The minimum atomic E-state index is -0.191. The number of anilines is 1. The van der Waals surface area contributed by atoms with E-state index in [4.69, 9.17) is 0 Å². The Morgan fingerprint density at radius 2 is 1.96 bits per heavy atom. The molecule has 0 radical (unpaired) electrons. The number of tetrazole rings is 1. The molecule has 0 saturated heterocycles. The van der Waals surface area contributed by atoms with Crippen molar-refractivity contribution in [1.29, 1.82) is 0 Å². The summed E-state index contributed by atoms with van der Waals surface area (Å²) < 4.78 is 1.50. The van der Waals surface area contributed by atoms with Gasteiger partial charge in [-0.3, -0.25) is 9.59 Å². The van der Waals surface area contributed by atoms with Gasteiger partial charge in [-0.2, -0.15) is 0 Å². The molecule has 2 amide bonds. The number of carbonyl (C=O) groups excluding carboxylic acids is 2. The van der Waals surface area contributed by atoms with E-state index in [1.54, 1.807) is 24.3 Å². The second kappa shape index (κ2) is 8.02. The van der Waals surface area contributed by atoms with Gasteiger partial charge in [0.25, 0.3) is 5.91 Å². The van der Waals surface area contributed by atoms with Crippen LogP contribution in [0.15, 0.2) is 54.9 Å². The van der Waals surface area contributed by atoms with Gasteiger partial charge < -0.3 is 10.6 Å². The highest BCUT2D eigenvalue weighted by atomic mass is 16.2. The summed E-state index contributed by atoms with van der Waals surface area (Å²) in [6.45, 7) is 2.13. The molecule has 26 heavy (non-hydrogen) atoms. The van der Waals surface area contributed by atoms with Gasteiger partial charge in [-0.05, 0) is 47.2 Å². The van der Waals surface area contributed by atoms with Crippen LogP contribution in [0.1, 0.15) is 22.3 Å². The Kier molecular flexibility index (Phi) is 5.33. The van der Waals surface area contributed by atoms with Crippen LogP contribution in [0.25, 0.3) is 5.69 Å². The van der Waals surface area contributed by atoms with Crippen LogP contribution in [0.3, 0.4) is 0 Å². The number of nitrogens with one attached hydrogen (secondary N) is 2. The van der Waals surface area contributed by atoms with Gasteiger partial charge in [0.1, 0.15) is 6.33 Å². The van der Waals surface area contributed by atoms with Gasteiger partial charge in [0, 0.05) is 24.2 Å². The van der Waals surface area contributed by atoms with E-state index in [2.05, 4.69) is 26.2 Å². The molecule has 8 heteroatoms. The Labute approximate surface area is 150 Å². The minimum Gasteiger partial charge on any atom is -0.352 e. The van der Waals surface area contributed by atoms with Gasteiger partial charge in [-0.15, -0.1) is 5.10 Å². The number of nitrogens with zero attached hydrogens (tertiary/aromatic N) is 4. The van der Waals surface area contributed by atoms with Crippen LogP contribution in [-0.2, 0) is 4.79 Å². The van der Waals surface area contributed by atoms with Crippen molar-refractivity contribution in [1.82, 2.24) is 25.5 Å². The molecule has 1 heterocycles. The Hall–Kier alpha value is -3.55. The lowest BCUT2D eigenvalue weighted by atomic mass is 10.1. The van der Waals surface area contributed by atoms with E-state index in [1.807, 2.05) is 31.2 Å². The summed E-state index contributed by atoms with van der Waals surface area (Å²) in [5.74, 6) is -0.375. The lowest BCUT2D eigenvalue weighted by Gasteiger charge is -2.09. The summed E-state index contributed by atoms with van der Waals surface area (Å²) in [6.07, 6.45) is 1.65. The number of amides is 2. The standard InChI is InChI=1S/C18H18N6O2/c1-13-5-2-3-8-16(13)18(26)19-10-9-17(25)21-14-6-4-7-15(11-14)24-12-20-22-23-24/h2-8,11-12H,9-10H2,1H3,(H,19,26)(H,21,25). The number of rotatable bonds is 6. The Morgan fingerprint density at radius 1 is 1.12 bits per heavy atom. The van der Waals surface area contributed by atoms with Gasteiger partial charge in [-0.25, -0.2) is 4.68 Å². The fraction of sp³-hybridized carbons (Fsp3) is 0.167. The van der Waals surface area contributed by atoms with Crippen molar-refractivity contribution >= 4 is 17.5 Å². The molecule has 132 valence electrons. The molecule has 0 aliphatic heterocycles. The molecule has 0 bridgehead atoms. The maximum Gasteiger partial charge on any atom is 0.251 e. The Balaban J connectivity index is 1.51. The molecule has 0 atom stereocenters. The van der Waals surface area contributed by atoms with Crippen molar-refractivity contribution in [2.75, 3.05) is 11.9 Å². The fourth-order valence-corrected chi connectivity index (χ4v) is 2.44. The highest BCUT2D eigenvalue weighted by Crippen LogP contribution is 2.13. The van der Waals surface area contributed by atoms with E-state index in [1.165, 1.54) is 11.0 Å². The third-order valence-corrected chi connectivity index (χ3v) is 3.77. The van der Waals surface area contributed by atoms with Gasteiger partial charge in [0.2, 0.25) is 5.91 Å². The molecule has 0 saturated carbocycles. The molecule has 1 aromatic heterocycles. The second-order valence-corrected chi connectivity index (χ2v) is 5.67. The van der Waals surface area contributed by atoms with Crippen molar-refractivity contribution < 1.29 is 9.59 Å². The van der Waals surface area contributed by atoms with Crippen LogP contribution >= 0.6 is 0 Å². The van der Waals surface area contributed by atoms with E-state index in [-0.39, 0.29) is 24.8 Å². The van der Waals surface area contributed by atoms with Crippen molar-refractivity contribution in [3.8, 4) is 5.69 Å². The first kappa shape index (κ1) is 17.3. The number of benzene rings is 2. The SMILES string of the molecule is Cc1ccccc1C(=O)NCCC(=O)Nc1cccc(-n2cnnn2)c1. The third kappa shape index (κ3) is 4.29. The number of carbonyl (C=O) groups is 2. The van der Waals surface area contributed by atoms with E-state index < -0.39 is 0 Å². The summed E-state index contributed by atoms with van der Waals surface area (Å²) >= 11 is 0. The predicted octanol–water partition coefficient (Wildman–Crippen LogP) is 1.73. The molecule has 2 aromatic carbocycles. The normalized spacial score (nSPS) is 10.3. The minimum absolute atomic E-state index is 0.173. The summed E-state index contributed by atoms with van der Waals surface area (Å²) in [6, 6.07) is 14.5. The molecule has 8 nitrogen and oxygen atoms in total. The van der Waals surface area contributed by atoms with E-state index in [0.29, 0.717) is 11.3 Å². The zero-order valence-electron chi connectivity index (χ0n) is 14.2. The predicted molar refractivity (Wildman–Crippen MR) is 95.9 cm³/mol. The highest BCUT2D eigenvalue weighted by molar-refractivity contribution is 5.96. The molecule has 3 aromatic rings. The average molecular weight is 350 g/mol. The third-order valence-electron chi connectivity index (χ3n) is 3.77. The maximum absolute atomic E-state index is 12.1. The molecule has 0 fully saturated rings. The van der Waals surface area contributed by atoms with E-state index in [0.717, 1.165) is 11.3 Å². The van der Waals surface area contributed by atoms with Gasteiger partial charge >= 0.3 is 0 Å². The highest BCUT2D eigenvalue weighted by Gasteiger charge is 2.09.